The minimum absolute atomic E-state index is 0.183. The smallest absolute Gasteiger partial charge is 0.198 e. The average molecular weight is 309 g/mol. The summed E-state index contributed by atoms with van der Waals surface area (Å²) in [5, 5.41) is 0.367. The van der Waals surface area contributed by atoms with E-state index in [0.717, 1.165) is 0 Å². The molecule has 2 aromatic heterocycles. The molecule has 20 heavy (non-hydrogen) atoms. The molecule has 0 aliphatic rings. The topological polar surface area (TPSA) is 38.9 Å². The number of nitrogens with zero attached hydrogens (tertiary/aromatic N) is 2. The van der Waals surface area contributed by atoms with Crippen molar-refractivity contribution in [1.29, 1.82) is 0 Å². The van der Waals surface area contributed by atoms with Crippen LogP contribution in [0.15, 0.2) is 47.1 Å². The molecule has 0 unspecified atom stereocenters. The van der Waals surface area contributed by atoms with Crippen LogP contribution in [0.2, 0.25) is 10.3 Å². The molecular formula is C14H7Cl2FN2O. The highest BCUT2D eigenvalue weighted by atomic mass is 35.5. The van der Waals surface area contributed by atoms with Crippen molar-refractivity contribution in [3.05, 3.63) is 58.8 Å². The second-order valence-corrected chi connectivity index (χ2v) is 4.70. The third-order valence-corrected chi connectivity index (χ3v) is 3.24. The van der Waals surface area contributed by atoms with Crippen LogP contribution in [-0.4, -0.2) is 9.97 Å². The second-order valence-electron chi connectivity index (χ2n) is 3.99. The third kappa shape index (κ3) is 2.40. The first-order chi connectivity index (χ1) is 9.65. The van der Waals surface area contributed by atoms with E-state index in [1.807, 2.05) is 0 Å². The Morgan fingerprint density at radius 3 is 2.15 bits per heavy atom. The third-order valence-electron chi connectivity index (χ3n) is 2.70. The summed E-state index contributed by atoms with van der Waals surface area (Å²) in [6.07, 6.45) is 1.51. The van der Waals surface area contributed by atoms with Crippen LogP contribution in [0.5, 0.6) is 0 Å². The Balaban J connectivity index is 2.11. The van der Waals surface area contributed by atoms with Crippen LogP contribution in [0.3, 0.4) is 0 Å². The van der Waals surface area contributed by atoms with Crippen LogP contribution in [-0.2, 0) is 0 Å². The largest absolute Gasteiger partial charge is 0.461 e. The lowest BCUT2D eigenvalue weighted by atomic mass is 10.1. The SMILES string of the molecule is Fc1ccc(-c2c(Cl)nc(-c3ccco3)nc2Cl)cc1. The van der Waals surface area contributed by atoms with Gasteiger partial charge in [-0.05, 0) is 29.8 Å². The zero-order valence-electron chi connectivity index (χ0n) is 9.98. The van der Waals surface area contributed by atoms with E-state index in [2.05, 4.69) is 9.97 Å². The fraction of sp³-hybridized carbons (Fsp3) is 0. The fourth-order valence-electron chi connectivity index (χ4n) is 1.78. The van der Waals surface area contributed by atoms with Gasteiger partial charge in [0.15, 0.2) is 11.6 Å². The molecule has 0 aliphatic heterocycles. The molecule has 6 heteroatoms. The summed E-state index contributed by atoms with van der Waals surface area (Å²) in [6.45, 7) is 0. The molecule has 0 bridgehead atoms. The quantitative estimate of drug-likeness (QED) is 0.635. The van der Waals surface area contributed by atoms with Crippen molar-refractivity contribution in [3.63, 3.8) is 0 Å². The molecule has 3 aromatic rings. The molecular weight excluding hydrogens is 302 g/mol. The van der Waals surface area contributed by atoms with E-state index >= 15 is 0 Å². The van der Waals surface area contributed by atoms with Crippen molar-refractivity contribution in [1.82, 2.24) is 9.97 Å². The number of halogens is 3. The monoisotopic (exact) mass is 308 g/mol. The Hall–Kier alpha value is -1.91. The van der Waals surface area contributed by atoms with Crippen molar-refractivity contribution in [2.75, 3.05) is 0 Å². The van der Waals surface area contributed by atoms with E-state index in [1.165, 1.54) is 18.4 Å². The molecule has 0 aliphatic carbocycles. The molecule has 0 spiro atoms. The maximum Gasteiger partial charge on any atom is 0.198 e. The molecule has 1 aromatic carbocycles. The molecule has 3 rings (SSSR count). The van der Waals surface area contributed by atoms with Crippen LogP contribution in [0.25, 0.3) is 22.7 Å². The van der Waals surface area contributed by atoms with Crippen molar-refractivity contribution in [3.8, 4) is 22.7 Å². The first kappa shape index (κ1) is 13.1. The lowest BCUT2D eigenvalue weighted by Gasteiger charge is -2.07. The standard InChI is InChI=1S/C14H7Cl2FN2O/c15-12-11(8-3-5-9(17)6-4-8)13(16)19-14(18-12)10-2-1-7-20-10/h1-7H. The van der Waals surface area contributed by atoms with E-state index in [-0.39, 0.29) is 16.1 Å². The second kappa shape index (κ2) is 5.23. The van der Waals surface area contributed by atoms with E-state index < -0.39 is 0 Å². The summed E-state index contributed by atoms with van der Waals surface area (Å²) in [6, 6.07) is 9.20. The maximum atomic E-state index is 12.9. The van der Waals surface area contributed by atoms with E-state index in [0.29, 0.717) is 22.7 Å². The molecule has 2 heterocycles. The van der Waals surface area contributed by atoms with Gasteiger partial charge >= 0.3 is 0 Å². The first-order valence-electron chi connectivity index (χ1n) is 5.68. The van der Waals surface area contributed by atoms with Gasteiger partial charge in [0.2, 0.25) is 0 Å². The van der Waals surface area contributed by atoms with Gasteiger partial charge in [-0.1, -0.05) is 35.3 Å². The molecule has 0 saturated carbocycles. The molecule has 0 radical (unpaired) electrons. The molecule has 0 atom stereocenters. The number of hydrogen-bond acceptors (Lipinski definition) is 3. The molecule has 0 amide bonds. The number of rotatable bonds is 2. The fourth-order valence-corrected chi connectivity index (χ4v) is 2.38. The zero-order valence-corrected chi connectivity index (χ0v) is 11.5. The summed E-state index contributed by atoms with van der Waals surface area (Å²) in [5.41, 5.74) is 1.11. The Bertz CT molecular complexity index is 719. The zero-order chi connectivity index (χ0) is 14.1. The van der Waals surface area contributed by atoms with Gasteiger partial charge in [-0.2, -0.15) is 0 Å². The van der Waals surface area contributed by atoms with Crippen molar-refractivity contribution < 1.29 is 8.81 Å². The Morgan fingerprint density at radius 1 is 0.950 bits per heavy atom. The Labute approximate surface area is 124 Å². The van der Waals surface area contributed by atoms with Crippen LogP contribution in [0.1, 0.15) is 0 Å². The molecule has 0 fully saturated rings. The van der Waals surface area contributed by atoms with Gasteiger partial charge in [0, 0.05) is 0 Å². The van der Waals surface area contributed by atoms with Gasteiger partial charge in [-0.25, -0.2) is 14.4 Å². The van der Waals surface area contributed by atoms with E-state index in [4.69, 9.17) is 27.6 Å². The van der Waals surface area contributed by atoms with Gasteiger partial charge in [0.25, 0.3) is 0 Å². The normalized spacial score (nSPS) is 10.8. The minimum atomic E-state index is -0.339. The highest BCUT2D eigenvalue weighted by molar-refractivity contribution is 6.37. The lowest BCUT2D eigenvalue weighted by molar-refractivity contribution is 0.577. The Kier molecular flexibility index (Phi) is 3.42. The highest BCUT2D eigenvalue weighted by Crippen LogP contribution is 2.34. The van der Waals surface area contributed by atoms with Gasteiger partial charge in [-0.15, -0.1) is 0 Å². The predicted octanol–water partition coefficient (Wildman–Crippen LogP) is 4.85. The van der Waals surface area contributed by atoms with Gasteiger partial charge < -0.3 is 4.42 Å². The van der Waals surface area contributed by atoms with Gasteiger partial charge in [-0.3, -0.25) is 0 Å². The van der Waals surface area contributed by atoms with Gasteiger partial charge in [0.1, 0.15) is 16.1 Å². The molecule has 0 saturated heterocycles. The van der Waals surface area contributed by atoms with Crippen LogP contribution < -0.4 is 0 Å². The Morgan fingerprint density at radius 2 is 1.60 bits per heavy atom. The summed E-state index contributed by atoms with van der Waals surface area (Å²) in [5.74, 6) is 0.435. The summed E-state index contributed by atoms with van der Waals surface area (Å²) >= 11 is 12.3. The van der Waals surface area contributed by atoms with E-state index in [1.54, 1.807) is 24.3 Å². The highest BCUT2D eigenvalue weighted by Gasteiger charge is 2.15. The lowest BCUT2D eigenvalue weighted by Crippen LogP contribution is -1.94. The molecule has 100 valence electrons. The number of hydrogen-bond donors (Lipinski definition) is 0. The van der Waals surface area contributed by atoms with Crippen LogP contribution in [0, 0.1) is 5.82 Å². The predicted molar refractivity (Wildman–Crippen MR) is 75.1 cm³/mol. The summed E-state index contributed by atoms with van der Waals surface area (Å²) in [4.78, 5) is 8.32. The number of aromatic nitrogens is 2. The van der Waals surface area contributed by atoms with E-state index in [9.17, 15) is 4.39 Å². The number of benzene rings is 1. The van der Waals surface area contributed by atoms with Crippen LogP contribution in [0.4, 0.5) is 4.39 Å². The average Bonchev–Trinajstić information content (AvgIpc) is 2.94. The summed E-state index contributed by atoms with van der Waals surface area (Å²) < 4.78 is 18.1. The minimum Gasteiger partial charge on any atom is -0.461 e. The van der Waals surface area contributed by atoms with Crippen LogP contribution >= 0.6 is 23.2 Å². The first-order valence-corrected chi connectivity index (χ1v) is 6.43. The summed E-state index contributed by atoms with van der Waals surface area (Å²) in [7, 11) is 0. The van der Waals surface area contributed by atoms with Crippen molar-refractivity contribution in [2.24, 2.45) is 0 Å². The van der Waals surface area contributed by atoms with Crippen molar-refractivity contribution in [2.45, 2.75) is 0 Å². The van der Waals surface area contributed by atoms with Gasteiger partial charge in [0.05, 0.1) is 11.8 Å². The van der Waals surface area contributed by atoms with Crippen molar-refractivity contribution >= 4 is 23.2 Å². The molecule has 3 nitrogen and oxygen atoms in total. The molecule has 0 N–H and O–H groups in total. The number of furan rings is 1. The maximum absolute atomic E-state index is 12.9.